The summed E-state index contributed by atoms with van der Waals surface area (Å²) in [5, 5.41) is 15.0. The van der Waals surface area contributed by atoms with Gasteiger partial charge in [-0.1, -0.05) is 147 Å². The van der Waals surface area contributed by atoms with Gasteiger partial charge in [0.1, 0.15) is 4.90 Å². The zero-order chi connectivity index (χ0) is 34.9. The summed E-state index contributed by atoms with van der Waals surface area (Å²) in [6.07, 6.45) is 24.7. The minimum absolute atomic E-state index is 0.104. The molecule has 2 rings (SSSR count). The summed E-state index contributed by atoms with van der Waals surface area (Å²) in [5.41, 5.74) is 14.8. The molecular formula is C38H65N5O3S. The van der Waals surface area contributed by atoms with Gasteiger partial charge in [0.2, 0.25) is 0 Å². The summed E-state index contributed by atoms with van der Waals surface area (Å²) >= 11 is 0. The topological polar surface area (TPSA) is 166 Å². The van der Waals surface area contributed by atoms with Crippen LogP contribution in [0, 0.1) is 10.8 Å². The Labute approximate surface area is 286 Å². The molecule has 0 aliphatic carbocycles. The second-order valence-corrected chi connectivity index (χ2v) is 14.1. The summed E-state index contributed by atoms with van der Waals surface area (Å²) in [7, 11) is -4.36. The lowest BCUT2D eigenvalue weighted by molar-refractivity contribution is 0.483. The number of hydrogen-bond acceptors (Lipinski definition) is 4. The Balaban J connectivity index is 0.00000141. The highest BCUT2D eigenvalue weighted by Gasteiger charge is 2.25. The molecule has 0 saturated heterocycles. The summed E-state index contributed by atoms with van der Waals surface area (Å²) in [6.45, 7) is 6.74. The lowest BCUT2D eigenvalue weighted by Gasteiger charge is -2.23. The highest BCUT2D eigenvalue weighted by molar-refractivity contribution is 7.86. The molecule has 0 fully saturated rings. The van der Waals surface area contributed by atoms with Crippen LogP contribution in [0.3, 0.4) is 0 Å². The van der Waals surface area contributed by atoms with Crippen molar-refractivity contribution in [2.75, 3.05) is 0 Å². The Hall–Kier alpha value is -2.91. The standard InChI is InChI=1S/C36H58O3S.C2H7N5/c1-4-7-10-13-16-20-27-32-30-35(40(37,38)39)36(31-25-21-19-22-26-31)34(29-24-18-15-12-9-6-3)33(32)28-23-17-14-11-8-5-2;3-1(4)7-2(5)6/h19,21-22,25-26,30H,4-18,20,23-24,27-29H2,1-3H3,(H,37,38,39);(H7,3,4,5,6,7). The van der Waals surface area contributed by atoms with E-state index in [0.29, 0.717) is 0 Å². The van der Waals surface area contributed by atoms with E-state index in [1.54, 1.807) is 0 Å². The van der Waals surface area contributed by atoms with Crippen LogP contribution in [0.25, 0.3) is 11.1 Å². The molecule has 0 unspecified atom stereocenters. The molecule has 8 N–H and O–H groups in total. The van der Waals surface area contributed by atoms with Gasteiger partial charge in [-0.2, -0.15) is 8.42 Å². The monoisotopic (exact) mass is 671 g/mol. The van der Waals surface area contributed by atoms with E-state index in [2.05, 4.69) is 20.8 Å². The number of unbranched alkanes of at least 4 members (excludes halogenated alkanes) is 15. The number of guanidine groups is 2. The Morgan fingerprint density at radius 1 is 0.638 bits per heavy atom. The molecule has 0 radical (unpaired) electrons. The molecular weight excluding hydrogens is 607 g/mol. The van der Waals surface area contributed by atoms with Gasteiger partial charge in [0.05, 0.1) is 0 Å². The average Bonchev–Trinajstić information content (AvgIpc) is 3.02. The zero-order valence-electron chi connectivity index (χ0n) is 29.6. The molecule has 0 aromatic heterocycles. The molecule has 0 heterocycles. The Morgan fingerprint density at radius 3 is 1.45 bits per heavy atom. The van der Waals surface area contributed by atoms with E-state index in [0.717, 1.165) is 61.6 Å². The third kappa shape index (κ3) is 18.3. The van der Waals surface area contributed by atoms with Crippen LogP contribution in [0.4, 0.5) is 0 Å². The van der Waals surface area contributed by atoms with Crippen molar-refractivity contribution in [3.63, 3.8) is 0 Å². The molecule has 0 aliphatic heterocycles. The number of aryl methyl sites for hydroxylation is 1. The van der Waals surface area contributed by atoms with Crippen molar-refractivity contribution in [3.8, 4) is 11.1 Å². The molecule has 2 aromatic rings. The number of benzene rings is 2. The number of nitrogens with two attached hydrogens (primary N) is 2. The first kappa shape index (κ1) is 42.1. The van der Waals surface area contributed by atoms with Crippen LogP contribution in [0.5, 0.6) is 0 Å². The van der Waals surface area contributed by atoms with Crippen LogP contribution >= 0.6 is 0 Å². The minimum Gasteiger partial charge on any atom is -0.370 e. The minimum atomic E-state index is -4.36. The molecule has 0 aliphatic rings. The first-order chi connectivity index (χ1) is 22.6. The van der Waals surface area contributed by atoms with E-state index in [-0.39, 0.29) is 16.8 Å². The molecule has 0 bridgehead atoms. The lowest BCUT2D eigenvalue weighted by atomic mass is 9.85. The van der Waals surface area contributed by atoms with Crippen molar-refractivity contribution in [1.29, 1.82) is 10.8 Å². The van der Waals surface area contributed by atoms with Gasteiger partial charge in [-0.15, -0.1) is 0 Å². The van der Waals surface area contributed by atoms with Crippen LogP contribution in [0.1, 0.15) is 153 Å². The van der Waals surface area contributed by atoms with Crippen molar-refractivity contribution in [2.24, 2.45) is 11.5 Å². The van der Waals surface area contributed by atoms with Gasteiger partial charge in [-0.3, -0.25) is 20.7 Å². The fourth-order valence-corrected chi connectivity index (χ4v) is 6.94. The van der Waals surface area contributed by atoms with E-state index in [1.165, 1.54) is 101 Å². The van der Waals surface area contributed by atoms with Crippen molar-refractivity contribution >= 4 is 22.0 Å². The molecule has 0 spiro atoms. The highest BCUT2D eigenvalue weighted by Crippen LogP contribution is 2.38. The summed E-state index contributed by atoms with van der Waals surface area (Å²) in [5.74, 6) is -0.625. The predicted molar refractivity (Wildman–Crippen MR) is 200 cm³/mol. The van der Waals surface area contributed by atoms with E-state index < -0.39 is 10.1 Å². The molecule has 0 atom stereocenters. The molecule has 0 saturated carbocycles. The van der Waals surface area contributed by atoms with E-state index in [4.69, 9.17) is 22.3 Å². The molecule has 9 heteroatoms. The average molecular weight is 672 g/mol. The number of nitrogens with one attached hydrogen (secondary N) is 3. The van der Waals surface area contributed by atoms with Gasteiger partial charge in [0.15, 0.2) is 11.9 Å². The van der Waals surface area contributed by atoms with Gasteiger partial charge in [-0.05, 0) is 66.8 Å². The third-order valence-corrected chi connectivity index (χ3v) is 9.45. The van der Waals surface area contributed by atoms with Gasteiger partial charge in [-0.25, -0.2) is 0 Å². The number of rotatable bonds is 23. The summed E-state index contributed by atoms with van der Waals surface area (Å²) < 4.78 is 36.2. The first-order valence-electron chi connectivity index (χ1n) is 18.2. The highest BCUT2D eigenvalue weighted by atomic mass is 32.2. The Kier molecular flexibility index (Phi) is 22.5. The van der Waals surface area contributed by atoms with Crippen molar-refractivity contribution < 1.29 is 13.0 Å². The molecule has 266 valence electrons. The van der Waals surface area contributed by atoms with Crippen LogP contribution in [-0.4, -0.2) is 24.9 Å². The molecule has 0 amide bonds. The van der Waals surface area contributed by atoms with E-state index in [9.17, 15) is 13.0 Å². The lowest BCUT2D eigenvalue weighted by Crippen LogP contribution is -2.39. The maximum absolute atomic E-state index is 12.9. The summed E-state index contributed by atoms with van der Waals surface area (Å²) in [4.78, 5) is 0.104. The normalized spacial score (nSPS) is 11.1. The Bertz CT molecular complexity index is 1250. The van der Waals surface area contributed by atoms with Gasteiger partial charge in [0.25, 0.3) is 10.1 Å². The Morgan fingerprint density at radius 2 is 1.04 bits per heavy atom. The predicted octanol–water partition coefficient (Wildman–Crippen LogP) is 9.67. The van der Waals surface area contributed by atoms with Crippen molar-refractivity contribution in [3.05, 3.63) is 53.1 Å². The van der Waals surface area contributed by atoms with Crippen LogP contribution in [0.2, 0.25) is 0 Å². The maximum Gasteiger partial charge on any atom is 0.295 e. The fraction of sp³-hybridized carbons (Fsp3) is 0.632. The second-order valence-electron chi connectivity index (χ2n) is 12.7. The van der Waals surface area contributed by atoms with Crippen LogP contribution < -0.4 is 16.8 Å². The second kappa shape index (κ2) is 25.2. The summed E-state index contributed by atoms with van der Waals surface area (Å²) in [6, 6.07) is 11.7. The van der Waals surface area contributed by atoms with Crippen LogP contribution in [0.15, 0.2) is 41.3 Å². The SMILES string of the molecule is CCCCCCCCc1cc(S(=O)(=O)O)c(-c2ccccc2)c(CCCCCCCC)c1CCCCCCCC.N=C(N)NC(=N)N. The maximum atomic E-state index is 12.9. The first-order valence-corrected chi connectivity index (χ1v) is 19.7. The molecule has 47 heavy (non-hydrogen) atoms. The van der Waals surface area contributed by atoms with Gasteiger partial charge < -0.3 is 11.5 Å². The van der Waals surface area contributed by atoms with E-state index in [1.807, 2.05) is 41.7 Å². The smallest absolute Gasteiger partial charge is 0.295 e. The molecule has 8 nitrogen and oxygen atoms in total. The zero-order valence-corrected chi connectivity index (χ0v) is 30.5. The van der Waals surface area contributed by atoms with Crippen molar-refractivity contribution in [1.82, 2.24) is 5.32 Å². The largest absolute Gasteiger partial charge is 0.370 e. The quantitative estimate of drug-likeness (QED) is 0.0298. The number of hydrogen-bond donors (Lipinski definition) is 6. The van der Waals surface area contributed by atoms with Gasteiger partial charge >= 0.3 is 0 Å². The fourth-order valence-electron chi connectivity index (χ4n) is 6.15. The van der Waals surface area contributed by atoms with E-state index >= 15 is 0 Å². The van der Waals surface area contributed by atoms with Gasteiger partial charge in [0, 0.05) is 5.56 Å². The van der Waals surface area contributed by atoms with Crippen LogP contribution in [-0.2, 0) is 29.4 Å². The molecule has 2 aromatic carbocycles. The third-order valence-electron chi connectivity index (χ3n) is 8.58. The van der Waals surface area contributed by atoms with Crippen molar-refractivity contribution in [2.45, 2.75) is 161 Å².